The molecule has 0 spiro atoms. The van der Waals surface area contributed by atoms with Crippen molar-refractivity contribution in [2.24, 2.45) is 0 Å². The number of hydrogen-bond donors (Lipinski definition) is 1. The van der Waals surface area contributed by atoms with Gasteiger partial charge in [0.15, 0.2) is 0 Å². The van der Waals surface area contributed by atoms with Crippen molar-refractivity contribution in [3.05, 3.63) is 47.5 Å². The van der Waals surface area contributed by atoms with Crippen molar-refractivity contribution in [2.75, 3.05) is 26.2 Å². The Balaban J connectivity index is 0.00000200. The normalized spacial score (nSPS) is 16.0. The minimum absolute atomic E-state index is 0. The third kappa shape index (κ3) is 5.33. The summed E-state index contributed by atoms with van der Waals surface area (Å²) in [7, 11) is 0. The SMILES string of the molecule is C=C(C)C[C@H](c1ccccc1C#N)N1CCNCC1.Cl.Cl. The Labute approximate surface area is 139 Å². The Hall–Kier alpha value is -1.05. The van der Waals surface area contributed by atoms with Gasteiger partial charge < -0.3 is 5.32 Å². The largest absolute Gasteiger partial charge is 0.314 e. The Bertz CT molecular complexity index is 491. The van der Waals surface area contributed by atoms with Crippen molar-refractivity contribution in [1.29, 1.82) is 5.26 Å². The van der Waals surface area contributed by atoms with Crippen LogP contribution in [0.2, 0.25) is 0 Å². The summed E-state index contributed by atoms with van der Waals surface area (Å²) in [5.74, 6) is 0. The minimum Gasteiger partial charge on any atom is -0.314 e. The molecule has 116 valence electrons. The summed E-state index contributed by atoms with van der Waals surface area (Å²) in [6, 6.07) is 10.5. The third-order valence-corrected chi connectivity index (χ3v) is 3.57. The standard InChI is InChI=1S/C16H21N3.2ClH/c1-13(2)11-16(19-9-7-18-8-10-19)15-6-4-3-5-14(15)12-17;;/h3-6,16,18H,1,7-11H2,2H3;2*1H/t16-;;/m1../s1. The molecular weight excluding hydrogens is 305 g/mol. The number of hydrogen-bond acceptors (Lipinski definition) is 3. The molecule has 0 bridgehead atoms. The number of nitrogens with one attached hydrogen (secondary N) is 1. The molecule has 1 aliphatic heterocycles. The first kappa shape index (κ1) is 19.9. The van der Waals surface area contributed by atoms with Crippen LogP contribution in [0.1, 0.15) is 30.5 Å². The Kier molecular flexibility index (Phi) is 9.32. The lowest BCUT2D eigenvalue weighted by Gasteiger charge is -2.35. The number of nitriles is 1. The minimum atomic E-state index is 0. The van der Waals surface area contributed by atoms with E-state index in [9.17, 15) is 5.26 Å². The van der Waals surface area contributed by atoms with E-state index in [2.05, 4.69) is 35.9 Å². The monoisotopic (exact) mass is 327 g/mol. The second-order valence-electron chi connectivity index (χ2n) is 5.16. The first-order valence-electron chi connectivity index (χ1n) is 6.80. The van der Waals surface area contributed by atoms with Gasteiger partial charge in [0, 0.05) is 32.2 Å². The summed E-state index contributed by atoms with van der Waals surface area (Å²) in [4.78, 5) is 2.46. The van der Waals surface area contributed by atoms with Crippen LogP contribution in [0.3, 0.4) is 0 Å². The van der Waals surface area contributed by atoms with Crippen LogP contribution in [-0.2, 0) is 0 Å². The van der Waals surface area contributed by atoms with Crippen molar-refractivity contribution < 1.29 is 0 Å². The lowest BCUT2D eigenvalue weighted by molar-refractivity contribution is 0.172. The summed E-state index contributed by atoms with van der Waals surface area (Å²) in [5, 5.41) is 12.7. The van der Waals surface area contributed by atoms with Gasteiger partial charge in [0.1, 0.15) is 0 Å². The van der Waals surface area contributed by atoms with Crippen molar-refractivity contribution >= 4 is 24.8 Å². The topological polar surface area (TPSA) is 39.1 Å². The molecular formula is C16H23Cl2N3. The Morgan fingerprint density at radius 3 is 2.52 bits per heavy atom. The summed E-state index contributed by atoms with van der Waals surface area (Å²) < 4.78 is 0. The van der Waals surface area contributed by atoms with E-state index in [0.717, 1.165) is 49.3 Å². The zero-order valence-electron chi connectivity index (χ0n) is 12.3. The van der Waals surface area contributed by atoms with Gasteiger partial charge in [-0.05, 0) is 25.0 Å². The molecule has 1 heterocycles. The molecule has 1 aromatic rings. The van der Waals surface area contributed by atoms with Gasteiger partial charge in [-0.2, -0.15) is 5.26 Å². The number of benzene rings is 1. The highest BCUT2D eigenvalue weighted by Crippen LogP contribution is 2.29. The van der Waals surface area contributed by atoms with Crippen LogP contribution in [0.5, 0.6) is 0 Å². The molecule has 0 radical (unpaired) electrons. The molecule has 0 aliphatic carbocycles. The fourth-order valence-corrected chi connectivity index (χ4v) is 2.65. The fourth-order valence-electron chi connectivity index (χ4n) is 2.65. The van der Waals surface area contributed by atoms with E-state index in [-0.39, 0.29) is 30.9 Å². The number of nitrogens with zero attached hydrogens (tertiary/aromatic N) is 2. The second-order valence-corrected chi connectivity index (χ2v) is 5.16. The van der Waals surface area contributed by atoms with Crippen molar-refractivity contribution in [2.45, 2.75) is 19.4 Å². The first-order valence-corrected chi connectivity index (χ1v) is 6.80. The van der Waals surface area contributed by atoms with Crippen LogP contribution in [0, 0.1) is 11.3 Å². The van der Waals surface area contributed by atoms with Crippen molar-refractivity contribution in [3.8, 4) is 6.07 Å². The van der Waals surface area contributed by atoms with Crippen LogP contribution in [0.15, 0.2) is 36.4 Å². The average Bonchev–Trinajstić information content (AvgIpc) is 2.45. The molecule has 1 aliphatic rings. The first-order chi connectivity index (χ1) is 9.22. The van der Waals surface area contributed by atoms with Crippen LogP contribution in [0.4, 0.5) is 0 Å². The second kappa shape index (κ2) is 9.81. The molecule has 2 rings (SSSR count). The van der Waals surface area contributed by atoms with E-state index >= 15 is 0 Å². The summed E-state index contributed by atoms with van der Waals surface area (Å²) in [5.41, 5.74) is 3.08. The summed E-state index contributed by atoms with van der Waals surface area (Å²) >= 11 is 0. The molecule has 1 fully saturated rings. The molecule has 3 nitrogen and oxygen atoms in total. The molecule has 0 saturated carbocycles. The summed E-state index contributed by atoms with van der Waals surface area (Å²) in [6.45, 7) is 10.2. The number of rotatable bonds is 4. The highest BCUT2D eigenvalue weighted by atomic mass is 35.5. The Morgan fingerprint density at radius 2 is 1.95 bits per heavy atom. The molecule has 1 aromatic carbocycles. The van der Waals surface area contributed by atoms with Gasteiger partial charge in [0.25, 0.3) is 0 Å². The lowest BCUT2D eigenvalue weighted by atomic mass is 9.94. The predicted molar refractivity (Wildman–Crippen MR) is 92.3 cm³/mol. The Morgan fingerprint density at radius 1 is 1.33 bits per heavy atom. The number of piperazine rings is 1. The molecule has 0 amide bonds. The lowest BCUT2D eigenvalue weighted by Crippen LogP contribution is -2.45. The predicted octanol–water partition coefficient (Wildman–Crippen LogP) is 3.31. The zero-order valence-corrected chi connectivity index (χ0v) is 14.0. The summed E-state index contributed by atoms with van der Waals surface area (Å²) in [6.07, 6.45) is 0.915. The molecule has 1 atom stereocenters. The van der Waals surface area contributed by atoms with Crippen LogP contribution in [0.25, 0.3) is 0 Å². The van der Waals surface area contributed by atoms with E-state index in [0.29, 0.717) is 0 Å². The quantitative estimate of drug-likeness (QED) is 0.862. The van der Waals surface area contributed by atoms with Crippen molar-refractivity contribution in [1.82, 2.24) is 10.2 Å². The molecule has 1 saturated heterocycles. The molecule has 0 unspecified atom stereocenters. The van der Waals surface area contributed by atoms with Gasteiger partial charge in [-0.15, -0.1) is 31.4 Å². The molecule has 5 heteroatoms. The van der Waals surface area contributed by atoms with Crippen LogP contribution in [-0.4, -0.2) is 31.1 Å². The maximum Gasteiger partial charge on any atom is 0.0995 e. The third-order valence-electron chi connectivity index (χ3n) is 3.57. The van der Waals surface area contributed by atoms with E-state index in [1.165, 1.54) is 0 Å². The number of halogens is 2. The van der Waals surface area contributed by atoms with Gasteiger partial charge in [0.2, 0.25) is 0 Å². The van der Waals surface area contributed by atoms with E-state index in [1.807, 2.05) is 18.2 Å². The van der Waals surface area contributed by atoms with E-state index in [1.54, 1.807) is 0 Å². The molecule has 21 heavy (non-hydrogen) atoms. The van der Waals surface area contributed by atoms with Gasteiger partial charge >= 0.3 is 0 Å². The molecule has 1 N–H and O–H groups in total. The van der Waals surface area contributed by atoms with E-state index in [4.69, 9.17) is 0 Å². The van der Waals surface area contributed by atoms with Gasteiger partial charge in [-0.1, -0.05) is 23.8 Å². The van der Waals surface area contributed by atoms with Crippen LogP contribution < -0.4 is 5.32 Å². The van der Waals surface area contributed by atoms with Gasteiger partial charge in [-0.25, -0.2) is 0 Å². The highest BCUT2D eigenvalue weighted by molar-refractivity contribution is 5.85. The molecule has 0 aromatic heterocycles. The maximum atomic E-state index is 9.30. The average molecular weight is 328 g/mol. The smallest absolute Gasteiger partial charge is 0.0995 e. The van der Waals surface area contributed by atoms with Gasteiger partial charge in [0.05, 0.1) is 11.6 Å². The van der Waals surface area contributed by atoms with Crippen molar-refractivity contribution in [3.63, 3.8) is 0 Å². The zero-order chi connectivity index (χ0) is 13.7. The van der Waals surface area contributed by atoms with Crippen LogP contribution >= 0.6 is 24.8 Å². The van der Waals surface area contributed by atoms with E-state index < -0.39 is 0 Å². The maximum absolute atomic E-state index is 9.30. The fraction of sp³-hybridized carbons (Fsp3) is 0.438. The highest BCUT2D eigenvalue weighted by Gasteiger charge is 2.23. The van der Waals surface area contributed by atoms with Gasteiger partial charge in [-0.3, -0.25) is 4.90 Å².